The Labute approximate surface area is 252 Å². The minimum Gasteiger partial charge on any atom is -0.379 e. The van der Waals surface area contributed by atoms with Crippen molar-refractivity contribution in [3.8, 4) is 6.07 Å². The normalized spacial score (nSPS) is 21.1. The lowest BCUT2D eigenvalue weighted by Gasteiger charge is -2.41. The van der Waals surface area contributed by atoms with Gasteiger partial charge in [0.2, 0.25) is 5.72 Å². The van der Waals surface area contributed by atoms with Crippen LogP contribution in [0.15, 0.2) is 61.1 Å². The number of halogens is 2. The van der Waals surface area contributed by atoms with Crippen molar-refractivity contribution in [1.29, 1.82) is 5.26 Å². The van der Waals surface area contributed by atoms with Crippen LogP contribution in [-0.4, -0.2) is 55.0 Å². The van der Waals surface area contributed by atoms with Crippen LogP contribution < -0.4 is 0 Å². The summed E-state index contributed by atoms with van der Waals surface area (Å²) < 4.78 is 30.6. The number of carbonyl (C=O) groups excluding carboxylic acids is 1. The Morgan fingerprint density at radius 2 is 2.00 bits per heavy atom. The number of carbonyl (C=O) groups is 1. The molecule has 1 amide bonds. The van der Waals surface area contributed by atoms with Gasteiger partial charge in [-0.25, -0.2) is 14.4 Å². The lowest BCUT2D eigenvalue weighted by molar-refractivity contribution is -0.149. The minimum absolute atomic E-state index is 0.00333. The molecule has 1 fully saturated rings. The van der Waals surface area contributed by atoms with E-state index in [1.807, 2.05) is 6.07 Å². The maximum atomic E-state index is 16.7. The number of aryl methyl sites for hydroxylation is 1. The number of ether oxygens (including phenoxy) is 2. The summed E-state index contributed by atoms with van der Waals surface area (Å²) in [5.74, 6) is -1.05. The first kappa shape index (κ1) is 28.9. The molecule has 2 aromatic heterocycles. The van der Waals surface area contributed by atoms with Gasteiger partial charge in [-0.05, 0) is 48.7 Å². The molecule has 4 aromatic rings. The van der Waals surface area contributed by atoms with E-state index in [9.17, 15) is 15.2 Å². The Morgan fingerprint density at radius 3 is 2.60 bits per heavy atom. The molecule has 1 N–H and O–H groups in total. The van der Waals surface area contributed by atoms with Crippen LogP contribution in [0.1, 0.15) is 63.9 Å². The molecule has 1 saturated heterocycles. The molecule has 6 rings (SSSR count). The lowest BCUT2D eigenvalue weighted by Crippen LogP contribution is -2.49. The van der Waals surface area contributed by atoms with E-state index in [0.717, 1.165) is 0 Å². The molecule has 0 aliphatic carbocycles. The van der Waals surface area contributed by atoms with Gasteiger partial charge in [0.1, 0.15) is 23.3 Å². The van der Waals surface area contributed by atoms with Crippen LogP contribution >= 0.6 is 11.6 Å². The monoisotopic (exact) mass is 602 g/mol. The van der Waals surface area contributed by atoms with Gasteiger partial charge in [0.25, 0.3) is 5.91 Å². The van der Waals surface area contributed by atoms with Crippen LogP contribution in [0, 0.1) is 17.1 Å². The number of aromatic nitrogens is 4. The van der Waals surface area contributed by atoms with Crippen molar-refractivity contribution in [3.63, 3.8) is 0 Å². The second kappa shape index (κ2) is 11.1. The van der Waals surface area contributed by atoms with Gasteiger partial charge in [-0.3, -0.25) is 14.4 Å². The Kier molecular flexibility index (Phi) is 7.48. The van der Waals surface area contributed by atoms with Crippen molar-refractivity contribution in [2.75, 3.05) is 13.2 Å². The van der Waals surface area contributed by atoms with Crippen molar-refractivity contribution >= 4 is 17.5 Å². The highest BCUT2D eigenvalue weighted by Crippen LogP contribution is 2.50. The molecule has 1 unspecified atom stereocenters. The van der Waals surface area contributed by atoms with E-state index in [2.05, 4.69) is 15.1 Å². The summed E-state index contributed by atoms with van der Waals surface area (Å²) in [6, 6.07) is 13.1. The standard InChI is InChI=1S/C31H28ClFN6O4/c1-3-30(41,26-8-10-38(2)37-26)21-12-24-28(25(33)13-21)31(43-23-9-11-42-18-23,20-4-6-22(32)7-5-20)39(29(24)40)17-27-35-15-19(14-34)16-36-27/h4-8,10,12-13,15-16,23,41H,3,9,11,17-18H2,1-2H3/t23-,30?,31+/m0/s1. The number of amides is 1. The Bertz CT molecular complexity index is 1720. The largest absolute Gasteiger partial charge is 0.379 e. The zero-order valence-electron chi connectivity index (χ0n) is 23.5. The summed E-state index contributed by atoms with van der Waals surface area (Å²) in [5.41, 5.74) is -2.14. The highest BCUT2D eigenvalue weighted by atomic mass is 35.5. The van der Waals surface area contributed by atoms with Crippen molar-refractivity contribution in [3.05, 3.63) is 111 Å². The molecule has 10 nitrogen and oxygen atoms in total. The first-order chi connectivity index (χ1) is 20.7. The maximum Gasteiger partial charge on any atom is 0.257 e. The first-order valence-electron chi connectivity index (χ1n) is 13.8. The third-order valence-electron chi connectivity index (χ3n) is 8.01. The average Bonchev–Trinajstić information content (AvgIpc) is 3.75. The number of nitriles is 1. The van der Waals surface area contributed by atoms with Crippen LogP contribution in [0.5, 0.6) is 0 Å². The zero-order chi connectivity index (χ0) is 30.4. The topological polar surface area (TPSA) is 126 Å². The molecule has 0 saturated carbocycles. The smallest absolute Gasteiger partial charge is 0.257 e. The van der Waals surface area contributed by atoms with Crippen LogP contribution in [-0.2, 0) is 34.4 Å². The molecule has 0 spiro atoms. The van der Waals surface area contributed by atoms with Crippen LogP contribution in [0.25, 0.3) is 0 Å². The number of fused-ring (bicyclic) bond motifs is 1. The molecule has 12 heteroatoms. The third kappa shape index (κ3) is 4.86. The molecule has 43 heavy (non-hydrogen) atoms. The zero-order valence-corrected chi connectivity index (χ0v) is 24.3. The van der Waals surface area contributed by atoms with Gasteiger partial charge in [-0.15, -0.1) is 0 Å². The summed E-state index contributed by atoms with van der Waals surface area (Å²) in [6.45, 7) is 2.31. The van der Waals surface area contributed by atoms with Crippen molar-refractivity contribution in [2.24, 2.45) is 7.05 Å². The van der Waals surface area contributed by atoms with E-state index >= 15 is 4.39 Å². The molecule has 2 aliphatic rings. The number of benzene rings is 2. The Balaban J connectivity index is 1.58. The highest BCUT2D eigenvalue weighted by molar-refractivity contribution is 6.30. The summed E-state index contributed by atoms with van der Waals surface area (Å²) in [6.07, 6.45) is 4.66. The second-order valence-corrected chi connectivity index (χ2v) is 11.1. The SMILES string of the molecule is CCC(O)(c1cc(F)c2c(c1)C(=O)N(Cc1ncc(C#N)cn1)[C@@]2(O[C@H]1CCOC1)c1ccc(Cl)cc1)c1ccn(C)n1. The fraction of sp³-hybridized carbons (Fsp3) is 0.323. The van der Waals surface area contributed by atoms with E-state index in [4.69, 9.17) is 21.1 Å². The number of aliphatic hydroxyl groups is 1. The van der Waals surface area contributed by atoms with Crippen molar-refractivity contribution in [2.45, 2.75) is 43.7 Å². The van der Waals surface area contributed by atoms with Gasteiger partial charge in [0, 0.05) is 42.8 Å². The molecule has 0 radical (unpaired) electrons. The van der Waals surface area contributed by atoms with Crippen molar-refractivity contribution in [1.82, 2.24) is 24.6 Å². The predicted molar refractivity (Wildman–Crippen MR) is 152 cm³/mol. The molecule has 4 heterocycles. The summed E-state index contributed by atoms with van der Waals surface area (Å²) in [5, 5.41) is 25.8. The molecule has 2 aromatic carbocycles. The fourth-order valence-corrected chi connectivity index (χ4v) is 5.91. The second-order valence-electron chi connectivity index (χ2n) is 10.6. The summed E-state index contributed by atoms with van der Waals surface area (Å²) in [4.78, 5) is 24.4. The van der Waals surface area contributed by atoms with Gasteiger partial charge in [0.15, 0.2) is 0 Å². The van der Waals surface area contributed by atoms with Gasteiger partial charge < -0.3 is 14.6 Å². The molecule has 2 aliphatic heterocycles. The molecular weight excluding hydrogens is 575 g/mol. The molecule has 3 atom stereocenters. The average molecular weight is 603 g/mol. The molecule has 0 bridgehead atoms. The summed E-state index contributed by atoms with van der Waals surface area (Å²) >= 11 is 6.24. The molecule has 220 valence electrons. The van der Waals surface area contributed by atoms with E-state index in [1.165, 1.54) is 29.4 Å². The van der Waals surface area contributed by atoms with Crippen LogP contribution in [0.3, 0.4) is 0 Å². The van der Waals surface area contributed by atoms with E-state index < -0.39 is 29.2 Å². The van der Waals surface area contributed by atoms with Gasteiger partial charge in [-0.2, -0.15) is 10.4 Å². The van der Waals surface area contributed by atoms with Crippen molar-refractivity contribution < 1.29 is 23.8 Å². The number of nitrogens with zero attached hydrogens (tertiary/aromatic N) is 6. The maximum absolute atomic E-state index is 16.7. The predicted octanol–water partition coefficient (Wildman–Crippen LogP) is 4.18. The Morgan fingerprint density at radius 1 is 1.26 bits per heavy atom. The van der Waals surface area contributed by atoms with Gasteiger partial charge >= 0.3 is 0 Å². The molecular formula is C31H28ClFN6O4. The van der Waals surface area contributed by atoms with E-state index in [0.29, 0.717) is 29.3 Å². The quantitative estimate of drug-likeness (QED) is 0.318. The third-order valence-corrected chi connectivity index (χ3v) is 8.26. The summed E-state index contributed by atoms with van der Waals surface area (Å²) in [7, 11) is 1.72. The van der Waals surface area contributed by atoms with Crippen LogP contribution in [0.2, 0.25) is 5.02 Å². The number of rotatable bonds is 8. The van der Waals surface area contributed by atoms with E-state index in [1.54, 1.807) is 55.2 Å². The van der Waals surface area contributed by atoms with Gasteiger partial charge in [-0.1, -0.05) is 30.7 Å². The number of hydrogen-bond donors (Lipinski definition) is 1. The number of hydrogen-bond acceptors (Lipinski definition) is 8. The van der Waals surface area contributed by atoms with Gasteiger partial charge in [0.05, 0.1) is 41.6 Å². The highest BCUT2D eigenvalue weighted by Gasteiger charge is 2.56. The minimum atomic E-state index is -1.75. The fourth-order valence-electron chi connectivity index (χ4n) is 5.78. The van der Waals surface area contributed by atoms with Crippen LogP contribution in [0.4, 0.5) is 4.39 Å². The Hall–Kier alpha value is -4.21. The van der Waals surface area contributed by atoms with E-state index in [-0.39, 0.29) is 47.7 Å². The lowest BCUT2D eigenvalue weighted by atomic mass is 9.84. The first-order valence-corrected chi connectivity index (χ1v) is 14.2.